The lowest BCUT2D eigenvalue weighted by atomic mass is 10.1. The number of carbonyl (C=O) groups is 3. The number of rotatable bonds is 3. The first-order valence-corrected chi connectivity index (χ1v) is 6.02. The van der Waals surface area contributed by atoms with Crippen molar-refractivity contribution in [2.45, 2.75) is 25.8 Å². The van der Waals surface area contributed by atoms with Crippen molar-refractivity contribution in [2.24, 2.45) is 0 Å². The van der Waals surface area contributed by atoms with Gasteiger partial charge in [-0.25, -0.2) is 4.79 Å². The van der Waals surface area contributed by atoms with Gasteiger partial charge in [-0.2, -0.15) is 0 Å². The van der Waals surface area contributed by atoms with Gasteiger partial charge in [0.15, 0.2) is 0 Å². The van der Waals surface area contributed by atoms with E-state index in [0.29, 0.717) is 6.54 Å². The number of urea groups is 1. The predicted octanol–water partition coefficient (Wildman–Crippen LogP) is -0.957. The second kappa shape index (κ2) is 6.95. The first kappa shape index (κ1) is 14.4. The van der Waals surface area contributed by atoms with E-state index in [4.69, 9.17) is 0 Å². The van der Waals surface area contributed by atoms with Crippen molar-refractivity contribution in [1.82, 2.24) is 20.9 Å². The lowest BCUT2D eigenvalue weighted by Crippen LogP contribution is -2.51. The highest BCUT2D eigenvalue weighted by Gasteiger charge is 2.22. The first-order chi connectivity index (χ1) is 8.51. The van der Waals surface area contributed by atoms with Gasteiger partial charge in [0.25, 0.3) is 0 Å². The molecule has 0 aliphatic carbocycles. The molecule has 1 saturated heterocycles. The molecule has 0 saturated carbocycles. The number of hydrogen-bond acceptors (Lipinski definition) is 4. The summed E-state index contributed by atoms with van der Waals surface area (Å²) in [5.41, 5.74) is 0. The third-order valence-electron chi connectivity index (χ3n) is 2.76. The van der Waals surface area contributed by atoms with E-state index in [-0.39, 0.29) is 24.4 Å². The summed E-state index contributed by atoms with van der Waals surface area (Å²) >= 11 is 0. The number of carbonyl (C=O) groups excluding carboxylic acids is 3. The average molecular weight is 256 g/mol. The van der Waals surface area contributed by atoms with E-state index in [1.54, 1.807) is 0 Å². The summed E-state index contributed by atoms with van der Waals surface area (Å²) in [6, 6.07) is -0.417. The summed E-state index contributed by atoms with van der Waals surface area (Å²) in [7, 11) is 1.45. The first-order valence-electron chi connectivity index (χ1n) is 6.02. The van der Waals surface area contributed by atoms with Crippen LogP contribution in [0.15, 0.2) is 0 Å². The van der Waals surface area contributed by atoms with Crippen molar-refractivity contribution >= 4 is 17.8 Å². The number of amides is 4. The van der Waals surface area contributed by atoms with E-state index < -0.39 is 6.03 Å². The lowest BCUT2D eigenvalue weighted by Gasteiger charge is -2.32. The molecule has 1 aliphatic heterocycles. The molecule has 0 aromatic rings. The van der Waals surface area contributed by atoms with Gasteiger partial charge in [0, 0.05) is 26.6 Å². The Morgan fingerprint density at radius 1 is 1.33 bits per heavy atom. The largest absolute Gasteiger partial charge is 0.352 e. The molecule has 0 radical (unpaired) electrons. The zero-order valence-electron chi connectivity index (χ0n) is 10.8. The molecule has 102 valence electrons. The Bertz CT molecular complexity index is 332. The number of nitrogens with zero attached hydrogens (tertiary/aromatic N) is 1. The van der Waals surface area contributed by atoms with Crippen LogP contribution in [0.4, 0.5) is 4.79 Å². The number of imide groups is 1. The standard InChI is InChI=1S/C11H20N4O3/c1-8(16)13-9-4-3-5-15(6-9)7-10(17)14-11(18)12-2/h9H,3-7H2,1-2H3,(H,13,16)(H2,12,14,17,18). The Labute approximate surface area is 106 Å². The summed E-state index contributed by atoms with van der Waals surface area (Å²) in [6.07, 6.45) is 1.85. The lowest BCUT2D eigenvalue weighted by molar-refractivity contribution is -0.121. The van der Waals surface area contributed by atoms with E-state index in [2.05, 4.69) is 16.0 Å². The van der Waals surface area contributed by atoms with Crippen molar-refractivity contribution in [3.63, 3.8) is 0 Å². The van der Waals surface area contributed by atoms with Crippen molar-refractivity contribution in [2.75, 3.05) is 26.7 Å². The quantitative estimate of drug-likeness (QED) is 0.607. The van der Waals surface area contributed by atoms with Crippen molar-refractivity contribution in [1.29, 1.82) is 0 Å². The molecule has 1 heterocycles. The zero-order chi connectivity index (χ0) is 13.5. The van der Waals surface area contributed by atoms with Crippen LogP contribution in [0.25, 0.3) is 0 Å². The van der Waals surface area contributed by atoms with Gasteiger partial charge in [-0.15, -0.1) is 0 Å². The van der Waals surface area contributed by atoms with Crippen LogP contribution in [0, 0.1) is 0 Å². The maximum atomic E-state index is 11.5. The monoisotopic (exact) mass is 256 g/mol. The summed E-state index contributed by atoms with van der Waals surface area (Å²) in [6.45, 7) is 3.10. The number of likely N-dealkylation sites (tertiary alicyclic amines) is 1. The van der Waals surface area contributed by atoms with Gasteiger partial charge in [-0.05, 0) is 19.4 Å². The van der Waals surface area contributed by atoms with E-state index in [1.165, 1.54) is 14.0 Å². The Hall–Kier alpha value is -1.63. The SMILES string of the molecule is CNC(=O)NC(=O)CN1CCCC(NC(C)=O)C1. The van der Waals surface area contributed by atoms with Gasteiger partial charge in [0.1, 0.15) is 0 Å². The molecular formula is C11H20N4O3. The molecule has 4 amide bonds. The van der Waals surface area contributed by atoms with Gasteiger partial charge in [0.05, 0.1) is 6.54 Å². The molecule has 18 heavy (non-hydrogen) atoms. The second-order valence-corrected chi connectivity index (χ2v) is 4.40. The van der Waals surface area contributed by atoms with Crippen LogP contribution in [-0.2, 0) is 9.59 Å². The summed E-state index contributed by atoms with van der Waals surface area (Å²) in [5, 5.41) is 7.38. The molecule has 1 unspecified atom stereocenters. The number of hydrogen-bond donors (Lipinski definition) is 3. The molecule has 0 aromatic heterocycles. The van der Waals surface area contributed by atoms with Crippen molar-refractivity contribution < 1.29 is 14.4 Å². The van der Waals surface area contributed by atoms with Crippen LogP contribution in [0.3, 0.4) is 0 Å². The topological polar surface area (TPSA) is 90.5 Å². The van der Waals surface area contributed by atoms with Crippen LogP contribution in [0.2, 0.25) is 0 Å². The second-order valence-electron chi connectivity index (χ2n) is 4.40. The minimum absolute atomic E-state index is 0.0586. The van der Waals surface area contributed by atoms with Gasteiger partial charge in [-0.1, -0.05) is 0 Å². The van der Waals surface area contributed by atoms with E-state index in [0.717, 1.165) is 19.4 Å². The van der Waals surface area contributed by atoms with Crippen LogP contribution in [0.5, 0.6) is 0 Å². The molecule has 1 rings (SSSR count). The van der Waals surface area contributed by atoms with Crippen LogP contribution < -0.4 is 16.0 Å². The highest BCUT2D eigenvalue weighted by atomic mass is 16.2. The Morgan fingerprint density at radius 3 is 2.67 bits per heavy atom. The third-order valence-corrected chi connectivity index (χ3v) is 2.76. The molecule has 7 heteroatoms. The Kier molecular flexibility index (Phi) is 5.57. The number of piperidine rings is 1. The third kappa shape index (κ3) is 5.13. The van der Waals surface area contributed by atoms with Crippen LogP contribution >= 0.6 is 0 Å². The molecule has 7 nitrogen and oxygen atoms in total. The van der Waals surface area contributed by atoms with Crippen molar-refractivity contribution in [3.05, 3.63) is 0 Å². The predicted molar refractivity (Wildman–Crippen MR) is 65.9 cm³/mol. The Balaban J connectivity index is 2.35. The van der Waals surface area contributed by atoms with Crippen LogP contribution in [-0.4, -0.2) is 55.5 Å². The van der Waals surface area contributed by atoms with Gasteiger partial charge in [-0.3, -0.25) is 19.8 Å². The maximum absolute atomic E-state index is 11.5. The van der Waals surface area contributed by atoms with Gasteiger partial charge in [0.2, 0.25) is 11.8 Å². The fourth-order valence-corrected chi connectivity index (χ4v) is 2.04. The molecule has 0 bridgehead atoms. The Morgan fingerprint density at radius 2 is 2.06 bits per heavy atom. The fraction of sp³-hybridized carbons (Fsp3) is 0.727. The molecule has 1 fully saturated rings. The van der Waals surface area contributed by atoms with E-state index >= 15 is 0 Å². The number of nitrogens with one attached hydrogen (secondary N) is 3. The van der Waals surface area contributed by atoms with Gasteiger partial charge >= 0.3 is 6.03 Å². The van der Waals surface area contributed by atoms with Gasteiger partial charge < -0.3 is 10.6 Å². The molecule has 1 atom stereocenters. The smallest absolute Gasteiger partial charge is 0.321 e. The average Bonchev–Trinajstić information content (AvgIpc) is 2.28. The summed E-state index contributed by atoms with van der Waals surface area (Å²) in [4.78, 5) is 35.4. The van der Waals surface area contributed by atoms with E-state index in [9.17, 15) is 14.4 Å². The summed E-state index contributed by atoms with van der Waals surface area (Å²) < 4.78 is 0. The minimum atomic E-state index is -0.504. The minimum Gasteiger partial charge on any atom is -0.352 e. The maximum Gasteiger partial charge on any atom is 0.321 e. The normalized spacial score (nSPS) is 20.0. The molecule has 1 aliphatic rings. The molecule has 3 N–H and O–H groups in total. The van der Waals surface area contributed by atoms with E-state index in [1.807, 2.05) is 4.90 Å². The highest BCUT2D eigenvalue weighted by molar-refractivity contribution is 5.95. The fourth-order valence-electron chi connectivity index (χ4n) is 2.04. The summed E-state index contributed by atoms with van der Waals surface area (Å²) in [5.74, 6) is -0.394. The van der Waals surface area contributed by atoms with Crippen molar-refractivity contribution in [3.8, 4) is 0 Å². The molecule has 0 aromatic carbocycles. The van der Waals surface area contributed by atoms with Crippen LogP contribution in [0.1, 0.15) is 19.8 Å². The highest BCUT2D eigenvalue weighted by Crippen LogP contribution is 2.09. The molecule has 0 spiro atoms. The molecular weight excluding hydrogens is 236 g/mol. The zero-order valence-corrected chi connectivity index (χ0v) is 10.8.